The Hall–Kier alpha value is -2.50. The molecule has 1 aromatic rings. The molecule has 0 saturated carbocycles. The van der Waals surface area contributed by atoms with Crippen LogP contribution < -0.4 is 9.47 Å². The molecule has 0 radical (unpaired) electrons. The van der Waals surface area contributed by atoms with Crippen LogP contribution in [-0.4, -0.2) is 33.7 Å². The number of benzene rings is 1. The second-order valence-electron chi connectivity index (χ2n) is 8.31. The lowest BCUT2D eigenvalue weighted by Gasteiger charge is -2.37. The van der Waals surface area contributed by atoms with Crippen molar-refractivity contribution in [2.45, 2.75) is 71.5 Å². The van der Waals surface area contributed by atoms with Crippen LogP contribution in [0.2, 0.25) is 0 Å². The molecule has 1 aromatic carbocycles. The third kappa shape index (κ3) is 3.36. The first-order valence-electron chi connectivity index (χ1n) is 9.81. The molecule has 2 heterocycles. The summed E-state index contributed by atoms with van der Waals surface area (Å²) in [5, 5.41) is 20.4. The van der Waals surface area contributed by atoms with Crippen molar-refractivity contribution >= 4 is 17.8 Å². The maximum absolute atomic E-state index is 13.0. The molecule has 0 saturated heterocycles. The van der Waals surface area contributed by atoms with Gasteiger partial charge in [-0.15, -0.1) is 0 Å². The number of hydrogen-bond donors (Lipinski definition) is 2. The Morgan fingerprint density at radius 3 is 2.57 bits per heavy atom. The van der Waals surface area contributed by atoms with Crippen LogP contribution in [0.5, 0.6) is 17.2 Å². The summed E-state index contributed by atoms with van der Waals surface area (Å²) >= 11 is 0. The zero-order chi connectivity index (χ0) is 20.8. The van der Waals surface area contributed by atoms with E-state index in [0.29, 0.717) is 23.3 Å². The van der Waals surface area contributed by atoms with Crippen LogP contribution in [0.3, 0.4) is 0 Å². The Labute approximate surface area is 165 Å². The molecule has 0 fully saturated rings. The van der Waals surface area contributed by atoms with E-state index in [2.05, 4.69) is 0 Å². The molecule has 0 aliphatic carbocycles. The molecular formula is C22H28O6. The highest BCUT2D eigenvalue weighted by Crippen LogP contribution is 2.53. The van der Waals surface area contributed by atoms with Gasteiger partial charge in [-0.2, -0.15) is 0 Å². The summed E-state index contributed by atoms with van der Waals surface area (Å²) in [6.07, 6.45) is 4.45. The van der Waals surface area contributed by atoms with Gasteiger partial charge in [-0.3, -0.25) is 9.59 Å². The van der Waals surface area contributed by atoms with E-state index in [1.54, 1.807) is 13.0 Å². The highest BCUT2D eigenvalue weighted by atomic mass is 16.5. The van der Waals surface area contributed by atoms with Crippen LogP contribution in [-0.2, 0) is 4.79 Å². The molecule has 0 amide bonds. The van der Waals surface area contributed by atoms with Gasteiger partial charge < -0.3 is 19.7 Å². The maximum Gasteiger partial charge on any atom is 0.303 e. The Bertz CT molecular complexity index is 851. The molecule has 0 unspecified atom stereocenters. The van der Waals surface area contributed by atoms with E-state index in [1.807, 2.05) is 33.8 Å². The number of ether oxygens (including phenoxy) is 2. The number of ketones is 1. The lowest BCUT2D eigenvalue weighted by atomic mass is 9.81. The Morgan fingerprint density at radius 1 is 1.29 bits per heavy atom. The van der Waals surface area contributed by atoms with E-state index in [9.17, 15) is 19.8 Å². The predicted molar refractivity (Wildman–Crippen MR) is 105 cm³/mol. The van der Waals surface area contributed by atoms with Crippen molar-refractivity contribution in [1.29, 1.82) is 0 Å². The minimum atomic E-state index is -0.928. The molecule has 0 aromatic heterocycles. The quantitative estimate of drug-likeness (QED) is 0.769. The number of phenols is 1. The van der Waals surface area contributed by atoms with Crippen molar-refractivity contribution in [1.82, 2.24) is 0 Å². The average molecular weight is 388 g/mol. The normalized spacial score (nSPS) is 23.2. The molecule has 6 heteroatoms. The van der Waals surface area contributed by atoms with Crippen LogP contribution in [0.1, 0.15) is 81.3 Å². The summed E-state index contributed by atoms with van der Waals surface area (Å²) in [6, 6.07) is 0. The number of carbonyl (C=O) groups excluding carboxylic acids is 1. The fourth-order valence-electron chi connectivity index (χ4n) is 3.94. The number of carbonyl (C=O) groups is 2. The molecule has 2 N–H and O–H groups in total. The number of carboxylic acid groups (broad SMARTS) is 1. The van der Waals surface area contributed by atoms with Gasteiger partial charge in [0.2, 0.25) is 0 Å². The minimum absolute atomic E-state index is 0.105. The summed E-state index contributed by atoms with van der Waals surface area (Å²) in [4.78, 5) is 24.6. The number of Topliss-reactive ketones (excluding diaryl/α,β-unsaturated/α-hetero) is 1. The summed E-state index contributed by atoms with van der Waals surface area (Å²) in [5.74, 6) is -1.38. The van der Waals surface area contributed by atoms with Crippen molar-refractivity contribution in [2.24, 2.45) is 5.92 Å². The predicted octanol–water partition coefficient (Wildman–Crippen LogP) is 4.53. The smallest absolute Gasteiger partial charge is 0.303 e. The molecule has 152 valence electrons. The molecule has 3 rings (SSSR count). The summed E-state index contributed by atoms with van der Waals surface area (Å²) in [6.45, 7) is 9.33. The number of carboxylic acids is 1. The van der Waals surface area contributed by atoms with Gasteiger partial charge in [0.25, 0.3) is 0 Å². The van der Waals surface area contributed by atoms with E-state index in [4.69, 9.17) is 9.47 Å². The SMILES string of the molecule is CCC[C@@H](CC(=O)O)c1c2c(c(O)c3c1O[C@@H](C)[C@@H](C)C3=O)C=CC(C)(C)O2. The van der Waals surface area contributed by atoms with Crippen molar-refractivity contribution in [3.05, 3.63) is 22.8 Å². The molecular weight excluding hydrogens is 360 g/mol. The first-order chi connectivity index (χ1) is 13.1. The molecule has 28 heavy (non-hydrogen) atoms. The monoisotopic (exact) mass is 388 g/mol. The van der Waals surface area contributed by atoms with Crippen LogP contribution in [0.25, 0.3) is 6.08 Å². The lowest BCUT2D eigenvalue weighted by molar-refractivity contribution is -0.137. The fourth-order valence-corrected chi connectivity index (χ4v) is 3.94. The number of phenolic OH excluding ortho intramolecular Hbond substituents is 1. The minimum Gasteiger partial charge on any atom is -0.506 e. The maximum atomic E-state index is 13.0. The zero-order valence-electron chi connectivity index (χ0n) is 17.0. The van der Waals surface area contributed by atoms with Gasteiger partial charge in [0.1, 0.15) is 34.5 Å². The van der Waals surface area contributed by atoms with Gasteiger partial charge in [0, 0.05) is 11.5 Å². The highest BCUT2D eigenvalue weighted by molar-refractivity contribution is 6.06. The first-order valence-corrected chi connectivity index (χ1v) is 9.81. The molecule has 2 aliphatic heterocycles. The lowest BCUT2D eigenvalue weighted by Crippen LogP contribution is -2.36. The van der Waals surface area contributed by atoms with Gasteiger partial charge in [-0.1, -0.05) is 20.3 Å². The second-order valence-corrected chi connectivity index (χ2v) is 8.31. The van der Waals surface area contributed by atoms with Gasteiger partial charge >= 0.3 is 5.97 Å². The molecule has 0 bridgehead atoms. The van der Waals surface area contributed by atoms with Gasteiger partial charge in [-0.05, 0) is 39.3 Å². The fraction of sp³-hybridized carbons (Fsp3) is 0.545. The van der Waals surface area contributed by atoms with Gasteiger partial charge in [0.05, 0.1) is 17.9 Å². The third-order valence-electron chi connectivity index (χ3n) is 5.60. The molecule has 6 nitrogen and oxygen atoms in total. The van der Waals surface area contributed by atoms with E-state index in [0.717, 1.165) is 6.42 Å². The number of fused-ring (bicyclic) bond motifs is 2. The van der Waals surface area contributed by atoms with E-state index in [-0.39, 0.29) is 41.3 Å². The summed E-state index contributed by atoms with van der Waals surface area (Å²) in [7, 11) is 0. The number of rotatable bonds is 5. The van der Waals surface area contributed by atoms with Crippen LogP contribution in [0.15, 0.2) is 6.08 Å². The Kier molecular flexibility index (Phi) is 5.17. The molecule has 3 atom stereocenters. The molecule has 0 spiro atoms. The van der Waals surface area contributed by atoms with Crippen LogP contribution in [0, 0.1) is 5.92 Å². The van der Waals surface area contributed by atoms with E-state index in [1.165, 1.54) is 0 Å². The summed E-state index contributed by atoms with van der Waals surface area (Å²) in [5.41, 5.74) is 0.508. The largest absolute Gasteiger partial charge is 0.506 e. The van der Waals surface area contributed by atoms with Crippen LogP contribution >= 0.6 is 0 Å². The standard InChI is InChI=1S/C22H28O6/c1-6-7-13(10-15(23)24)16-20-14(8-9-22(4,5)28-20)19(26)17-18(25)11(2)12(3)27-21(16)17/h8-9,11-13,26H,6-7,10H2,1-5H3,(H,23,24)/t11-,12+,13+/m1/s1. The van der Waals surface area contributed by atoms with Crippen molar-refractivity contribution in [3.63, 3.8) is 0 Å². The Balaban J connectivity index is 2.34. The number of aromatic hydroxyl groups is 1. The molecule has 2 aliphatic rings. The highest BCUT2D eigenvalue weighted by Gasteiger charge is 2.41. The van der Waals surface area contributed by atoms with Gasteiger partial charge in [0.15, 0.2) is 5.78 Å². The van der Waals surface area contributed by atoms with Gasteiger partial charge in [-0.25, -0.2) is 0 Å². The number of hydrogen-bond acceptors (Lipinski definition) is 5. The summed E-state index contributed by atoms with van der Waals surface area (Å²) < 4.78 is 12.3. The Morgan fingerprint density at radius 2 is 1.96 bits per heavy atom. The first kappa shape index (κ1) is 20.2. The topological polar surface area (TPSA) is 93.1 Å². The average Bonchev–Trinajstić information content (AvgIpc) is 2.58. The van der Waals surface area contributed by atoms with Crippen LogP contribution in [0.4, 0.5) is 0 Å². The van der Waals surface area contributed by atoms with E-state index < -0.39 is 17.5 Å². The second kappa shape index (κ2) is 7.15. The zero-order valence-corrected chi connectivity index (χ0v) is 17.0. The van der Waals surface area contributed by atoms with Crippen molar-refractivity contribution < 1.29 is 29.3 Å². The van der Waals surface area contributed by atoms with E-state index >= 15 is 0 Å². The van der Waals surface area contributed by atoms with Crippen molar-refractivity contribution in [2.75, 3.05) is 0 Å². The number of aliphatic carboxylic acids is 1. The van der Waals surface area contributed by atoms with Crippen molar-refractivity contribution in [3.8, 4) is 17.2 Å². The third-order valence-corrected chi connectivity index (χ3v) is 5.60.